The van der Waals surface area contributed by atoms with Gasteiger partial charge in [-0.3, -0.25) is 10.1 Å². The standard InChI is InChI=1S/C21H26N8/c1-3-4-5-8-19(22)27-20-10-18(15-7-6-9-23-11-15)26-21-17(13-25-29(20)21)16-12-24-28(2)14-16/h3-5,8,10,12-15,23H,6-7,9,11H2,1-2H3,(H2,22,27)/b4-3-,8-5-. The third-order valence-corrected chi connectivity index (χ3v) is 5.05. The number of nitrogens with zero attached hydrogens (tertiary/aromatic N) is 5. The van der Waals surface area contributed by atoms with Crippen LogP contribution in [0.3, 0.4) is 0 Å². The Balaban J connectivity index is 1.77. The van der Waals surface area contributed by atoms with Crippen molar-refractivity contribution in [2.75, 3.05) is 18.4 Å². The van der Waals surface area contributed by atoms with Crippen molar-refractivity contribution in [2.24, 2.45) is 7.05 Å². The highest BCUT2D eigenvalue weighted by atomic mass is 15.3. The molecular formula is C21H26N8. The van der Waals surface area contributed by atoms with Crippen molar-refractivity contribution in [1.29, 1.82) is 5.41 Å². The van der Waals surface area contributed by atoms with Gasteiger partial charge in [-0.15, -0.1) is 0 Å². The first-order chi connectivity index (χ1) is 14.2. The lowest BCUT2D eigenvalue weighted by Crippen LogP contribution is -2.29. The van der Waals surface area contributed by atoms with Gasteiger partial charge in [-0.05, 0) is 32.4 Å². The fraction of sp³-hybridized carbons (Fsp3) is 0.333. The van der Waals surface area contributed by atoms with Crippen LogP contribution in [0.4, 0.5) is 5.82 Å². The zero-order chi connectivity index (χ0) is 20.2. The summed E-state index contributed by atoms with van der Waals surface area (Å²) in [7, 11) is 1.90. The molecule has 0 radical (unpaired) electrons. The normalized spacial score (nSPS) is 17.5. The minimum absolute atomic E-state index is 0.293. The first-order valence-corrected chi connectivity index (χ1v) is 9.89. The van der Waals surface area contributed by atoms with Crippen LogP contribution in [-0.4, -0.2) is 43.3 Å². The number of hydrogen-bond acceptors (Lipinski definition) is 5. The molecule has 1 saturated heterocycles. The minimum atomic E-state index is 0.293. The number of piperidine rings is 1. The number of aryl methyl sites for hydroxylation is 1. The van der Waals surface area contributed by atoms with Crippen molar-refractivity contribution < 1.29 is 0 Å². The summed E-state index contributed by atoms with van der Waals surface area (Å²) >= 11 is 0. The van der Waals surface area contributed by atoms with Crippen LogP contribution in [0.1, 0.15) is 31.4 Å². The van der Waals surface area contributed by atoms with E-state index in [1.807, 2.05) is 56.9 Å². The molecule has 0 aliphatic carbocycles. The molecule has 4 heterocycles. The second kappa shape index (κ2) is 8.40. The van der Waals surface area contributed by atoms with Crippen LogP contribution in [-0.2, 0) is 7.05 Å². The van der Waals surface area contributed by atoms with E-state index in [2.05, 4.69) is 20.8 Å². The maximum absolute atomic E-state index is 8.25. The van der Waals surface area contributed by atoms with Gasteiger partial charge in [0.15, 0.2) is 5.65 Å². The van der Waals surface area contributed by atoms with E-state index >= 15 is 0 Å². The quantitative estimate of drug-likeness (QED) is 0.353. The first kappa shape index (κ1) is 19.1. The van der Waals surface area contributed by atoms with E-state index in [4.69, 9.17) is 10.4 Å². The molecule has 3 aromatic rings. The summed E-state index contributed by atoms with van der Waals surface area (Å²) in [4.78, 5) is 4.97. The molecule has 8 nitrogen and oxygen atoms in total. The Kier molecular flexibility index (Phi) is 5.53. The van der Waals surface area contributed by atoms with Gasteiger partial charge in [0.05, 0.1) is 18.1 Å². The van der Waals surface area contributed by atoms with Gasteiger partial charge in [-0.1, -0.05) is 18.2 Å². The molecule has 0 aromatic carbocycles. The molecule has 8 heteroatoms. The second-order valence-electron chi connectivity index (χ2n) is 7.23. The first-order valence-electron chi connectivity index (χ1n) is 9.89. The van der Waals surface area contributed by atoms with Gasteiger partial charge in [-0.2, -0.15) is 14.7 Å². The average Bonchev–Trinajstić information content (AvgIpc) is 3.35. The van der Waals surface area contributed by atoms with E-state index in [9.17, 15) is 0 Å². The highest BCUT2D eigenvalue weighted by Gasteiger charge is 2.21. The zero-order valence-electron chi connectivity index (χ0n) is 16.8. The lowest BCUT2D eigenvalue weighted by atomic mass is 9.96. The van der Waals surface area contributed by atoms with Crippen molar-refractivity contribution in [2.45, 2.75) is 25.7 Å². The molecule has 1 aliphatic heterocycles. The monoisotopic (exact) mass is 390 g/mol. The van der Waals surface area contributed by atoms with Gasteiger partial charge in [0.25, 0.3) is 0 Å². The van der Waals surface area contributed by atoms with Crippen LogP contribution in [0.2, 0.25) is 0 Å². The highest BCUT2D eigenvalue weighted by molar-refractivity contribution is 6.01. The van der Waals surface area contributed by atoms with E-state index in [1.165, 1.54) is 0 Å². The topological polar surface area (TPSA) is 95.9 Å². The summed E-state index contributed by atoms with van der Waals surface area (Å²) < 4.78 is 3.54. The molecule has 29 heavy (non-hydrogen) atoms. The predicted octanol–water partition coefficient (Wildman–Crippen LogP) is 3.12. The van der Waals surface area contributed by atoms with E-state index in [0.29, 0.717) is 11.8 Å². The van der Waals surface area contributed by atoms with E-state index in [0.717, 1.165) is 54.2 Å². The third kappa shape index (κ3) is 4.12. The smallest absolute Gasteiger partial charge is 0.165 e. The molecule has 1 fully saturated rings. The molecule has 0 amide bonds. The Hall–Kier alpha value is -3.26. The predicted molar refractivity (Wildman–Crippen MR) is 115 cm³/mol. The largest absolute Gasteiger partial charge is 0.325 e. The number of hydrogen-bond donors (Lipinski definition) is 3. The van der Waals surface area contributed by atoms with Crippen LogP contribution >= 0.6 is 0 Å². The molecule has 1 unspecified atom stereocenters. The SMILES string of the molecule is C/C=C\C=C/C(=N)Nc1cc(C2CCCNC2)nc2c(-c3cnn(C)c3)cnn12. The Bertz CT molecular complexity index is 1070. The summed E-state index contributed by atoms with van der Waals surface area (Å²) in [6.07, 6.45) is 15.2. The van der Waals surface area contributed by atoms with Gasteiger partial charge < -0.3 is 10.6 Å². The Morgan fingerprint density at radius 3 is 2.93 bits per heavy atom. The maximum Gasteiger partial charge on any atom is 0.165 e. The van der Waals surface area contributed by atoms with Gasteiger partial charge in [0.1, 0.15) is 11.7 Å². The van der Waals surface area contributed by atoms with Gasteiger partial charge in [0, 0.05) is 42.9 Å². The summed E-state index contributed by atoms with van der Waals surface area (Å²) in [5, 5.41) is 23.7. The summed E-state index contributed by atoms with van der Waals surface area (Å²) in [5.41, 5.74) is 3.70. The molecule has 1 aliphatic rings. The summed E-state index contributed by atoms with van der Waals surface area (Å²) in [6, 6.07) is 2.02. The maximum atomic E-state index is 8.25. The van der Waals surface area contributed by atoms with Crippen molar-refractivity contribution in [1.82, 2.24) is 29.7 Å². The molecule has 3 aromatic heterocycles. The molecule has 0 bridgehead atoms. The fourth-order valence-electron chi connectivity index (χ4n) is 3.59. The molecule has 3 N–H and O–H groups in total. The van der Waals surface area contributed by atoms with Crippen molar-refractivity contribution >= 4 is 17.3 Å². The van der Waals surface area contributed by atoms with Crippen LogP contribution in [0.25, 0.3) is 16.8 Å². The van der Waals surface area contributed by atoms with Gasteiger partial charge in [-0.25, -0.2) is 4.98 Å². The van der Waals surface area contributed by atoms with E-state index in [1.54, 1.807) is 15.3 Å². The Labute approximate surface area is 169 Å². The number of rotatable bonds is 5. The molecule has 1 atom stereocenters. The van der Waals surface area contributed by atoms with Crippen LogP contribution in [0, 0.1) is 5.41 Å². The van der Waals surface area contributed by atoms with Crippen molar-refractivity contribution in [3.05, 3.63) is 54.7 Å². The van der Waals surface area contributed by atoms with Crippen LogP contribution in [0.5, 0.6) is 0 Å². The molecular weight excluding hydrogens is 364 g/mol. The highest BCUT2D eigenvalue weighted by Crippen LogP contribution is 2.29. The molecule has 0 saturated carbocycles. The number of aromatic nitrogens is 5. The van der Waals surface area contributed by atoms with Gasteiger partial charge >= 0.3 is 0 Å². The van der Waals surface area contributed by atoms with Gasteiger partial charge in [0.2, 0.25) is 0 Å². The van der Waals surface area contributed by atoms with E-state index in [-0.39, 0.29) is 0 Å². The lowest BCUT2D eigenvalue weighted by Gasteiger charge is -2.23. The number of anilines is 1. The summed E-state index contributed by atoms with van der Waals surface area (Å²) in [6.45, 7) is 3.91. The minimum Gasteiger partial charge on any atom is -0.325 e. The van der Waals surface area contributed by atoms with Crippen LogP contribution in [0.15, 0.2) is 49.0 Å². The Morgan fingerprint density at radius 2 is 2.21 bits per heavy atom. The lowest BCUT2D eigenvalue weighted by molar-refractivity contribution is 0.455. The van der Waals surface area contributed by atoms with Crippen molar-refractivity contribution in [3.8, 4) is 11.1 Å². The number of fused-ring (bicyclic) bond motifs is 1. The molecule has 4 rings (SSSR count). The fourth-order valence-corrected chi connectivity index (χ4v) is 3.59. The van der Waals surface area contributed by atoms with Crippen LogP contribution < -0.4 is 10.6 Å². The summed E-state index contributed by atoms with van der Waals surface area (Å²) in [5.74, 6) is 1.38. The van der Waals surface area contributed by atoms with E-state index < -0.39 is 0 Å². The number of amidine groups is 1. The molecule has 150 valence electrons. The second-order valence-corrected chi connectivity index (χ2v) is 7.23. The third-order valence-electron chi connectivity index (χ3n) is 5.05. The molecule has 0 spiro atoms. The zero-order valence-corrected chi connectivity index (χ0v) is 16.8. The Morgan fingerprint density at radius 1 is 1.31 bits per heavy atom. The van der Waals surface area contributed by atoms with Crippen molar-refractivity contribution in [3.63, 3.8) is 0 Å². The number of allylic oxidation sites excluding steroid dienone is 3. The number of nitrogens with one attached hydrogen (secondary N) is 3. The average molecular weight is 390 g/mol.